The van der Waals surface area contributed by atoms with E-state index in [1.54, 1.807) is 43.5 Å². The molecule has 0 fully saturated rings. The van der Waals surface area contributed by atoms with Crippen LogP contribution < -0.4 is 5.32 Å². The Morgan fingerprint density at radius 3 is 2.72 bits per heavy atom. The summed E-state index contributed by atoms with van der Waals surface area (Å²) in [5.41, 5.74) is 2.43. The van der Waals surface area contributed by atoms with Crippen molar-refractivity contribution >= 4 is 22.4 Å². The summed E-state index contributed by atoms with van der Waals surface area (Å²) in [6, 6.07) is 13.5. The maximum absolute atomic E-state index is 13.6. The van der Waals surface area contributed by atoms with E-state index in [9.17, 15) is 9.18 Å². The van der Waals surface area contributed by atoms with Gasteiger partial charge in [0.05, 0.1) is 11.6 Å². The predicted molar refractivity (Wildman–Crippen MR) is 95.2 cm³/mol. The van der Waals surface area contributed by atoms with Gasteiger partial charge in [-0.15, -0.1) is 11.3 Å². The maximum Gasteiger partial charge on any atom is 0.257 e. The van der Waals surface area contributed by atoms with Gasteiger partial charge in [-0.1, -0.05) is 12.1 Å². The minimum atomic E-state index is -0.285. The molecule has 2 aromatic carbocycles. The van der Waals surface area contributed by atoms with E-state index in [1.807, 2.05) is 12.1 Å². The van der Waals surface area contributed by atoms with E-state index in [2.05, 4.69) is 10.3 Å². The normalized spacial score (nSPS) is 10.3. The number of amides is 1. The average molecular weight is 351 g/mol. The minimum absolute atomic E-state index is 0.226. The molecule has 124 valence electrons. The zero-order valence-electron chi connectivity index (χ0n) is 13.4. The Hall–Kier alpha value is -3.04. The summed E-state index contributed by atoms with van der Waals surface area (Å²) >= 11 is 1.35. The molecule has 1 N–H and O–H groups in total. The molecular formula is C19H14FN3OS. The van der Waals surface area contributed by atoms with E-state index in [0.717, 1.165) is 10.4 Å². The molecule has 0 aliphatic carbocycles. The maximum atomic E-state index is 13.6. The van der Waals surface area contributed by atoms with Gasteiger partial charge < -0.3 is 0 Å². The molecule has 0 aliphatic heterocycles. The standard InChI is InChI=1S/C19H14FN3OS/c1-12-2-3-14(9-17(12)20)8-16-11-22-19(25-16)23-18(24)15-6-4-13(10-21)5-7-15/h2-7,9,11H,8H2,1H3,(H,22,23,24). The number of anilines is 1. The van der Waals surface area contributed by atoms with Gasteiger partial charge in [0.1, 0.15) is 5.82 Å². The highest BCUT2D eigenvalue weighted by atomic mass is 32.1. The number of hydrogen-bond acceptors (Lipinski definition) is 4. The molecule has 1 amide bonds. The smallest absolute Gasteiger partial charge is 0.257 e. The second-order valence-corrected chi connectivity index (χ2v) is 6.65. The Morgan fingerprint density at radius 1 is 1.28 bits per heavy atom. The summed E-state index contributed by atoms with van der Waals surface area (Å²) in [4.78, 5) is 17.3. The third-order valence-electron chi connectivity index (χ3n) is 3.66. The minimum Gasteiger partial charge on any atom is -0.298 e. The van der Waals surface area contributed by atoms with Crippen molar-refractivity contribution in [3.8, 4) is 6.07 Å². The quantitative estimate of drug-likeness (QED) is 0.762. The van der Waals surface area contributed by atoms with Crippen LogP contribution in [-0.4, -0.2) is 10.9 Å². The Bertz CT molecular complexity index is 958. The fourth-order valence-electron chi connectivity index (χ4n) is 2.26. The lowest BCUT2D eigenvalue weighted by atomic mass is 10.1. The van der Waals surface area contributed by atoms with Crippen LogP contribution in [0.4, 0.5) is 9.52 Å². The molecule has 0 atom stereocenters. The van der Waals surface area contributed by atoms with Gasteiger partial charge in [0.25, 0.3) is 5.91 Å². The number of aryl methyl sites for hydroxylation is 1. The average Bonchev–Trinajstić information content (AvgIpc) is 3.05. The number of hydrogen-bond donors (Lipinski definition) is 1. The van der Waals surface area contributed by atoms with Gasteiger partial charge in [0, 0.05) is 23.1 Å². The van der Waals surface area contributed by atoms with Gasteiger partial charge in [-0.05, 0) is 48.4 Å². The van der Waals surface area contributed by atoms with Crippen molar-refractivity contribution < 1.29 is 9.18 Å². The SMILES string of the molecule is Cc1ccc(Cc2cnc(NC(=O)c3ccc(C#N)cc3)s2)cc1F. The highest BCUT2D eigenvalue weighted by molar-refractivity contribution is 7.15. The number of nitriles is 1. The molecule has 0 saturated carbocycles. The molecule has 3 aromatic rings. The monoisotopic (exact) mass is 351 g/mol. The summed E-state index contributed by atoms with van der Waals surface area (Å²) in [5.74, 6) is -0.511. The molecule has 4 nitrogen and oxygen atoms in total. The van der Waals surface area contributed by atoms with E-state index in [4.69, 9.17) is 5.26 Å². The van der Waals surface area contributed by atoms with Crippen LogP contribution in [0.2, 0.25) is 0 Å². The Balaban J connectivity index is 1.67. The fraction of sp³-hybridized carbons (Fsp3) is 0.105. The van der Waals surface area contributed by atoms with E-state index in [1.165, 1.54) is 17.4 Å². The number of halogens is 1. The predicted octanol–water partition coefficient (Wildman–Crippen LogP) is 4.31. The molecule has 3 rings (SSSR count). The first-order chi connectivity index (χ1) is 12.0. The molecule has 0 spiro atoms. The van der Waals surface area contributed by atoms with Crippen molar-refractivity contribution in [2.45, 2.75) is 13.3 Å². The van der Waals surface area contributed by atoms with Crippen LogP contribution in [0.5, 0.6) is 0 Å². The first-order valence-electron chi connectivity index (χ1n) is 7.56. The summed E-state index contributed by atoms with van der Waals surface area (Å²) in [5, 5.41) is 12.0. The van der Waals surface area contributed by atoms with Crippen LogP contribution in [0, 0.1) is 24.1 Å². The zero-order chi connectivity index (χ0) is 17.8. The lowest BCUT2D eigenvalue weighted by molar-refractivity contribution is 0.102. The fourth-order valence-corrected chi connectivity index (χ4v) is 3.10. The Morgan fingerprint density at radius 2 is 2.04 bits per heavy atom. The number of benzene rings is 2. The van der Waals surface area contributed by atoms with Crippen molar-refractivity contribution in [1.29, 1.82) is 5.26 Å². The lowest BCUT2D eigenvalue weighted by Crippen LogP contribution is -2.11. The van der Waals surface area contributed by atoms with Crippen LogP contribution in [-0.2, 0) is 6.42 Å². The number of aromatic nitrogens is 1. The number of rotatable bonds is 4. The molecule has 0 saturated heterocycles. The molecule has 1 heterocycles. The molecule has 0 unspecified atom stereocenters. The van der Waals surface area contributed by atoms with Crippen molar-refractivity contribution in [2.24, 2.45) is 0 Å². The third-order valence-corrected chi connectivity index (χ3v) is 4.58. The van der Waals surface area contributed by atoms with Crippen molar-refractivity contribution in [2.75, 3.05) is 5.32 Å². The first kappa shape index (κ1) is 16.8. The van der Waals surface area contributed by atoms with Crippen LogP contribution in [0.3, 0.4) is 0 Å². The summed E-state index contributed by atoms with van der Waals surface area (Å²) in [7, 11) is 0. The van der Waals surface area contributed by atoms with Gasteiger partial charge in [-0.2, -0.15) is 5.26 Å². The van der Waals surface area contributed by atoms with Crippen LogP contribution in [0.25, 0.3) is 0 Å². The summed E-state index contributed by atoms with van der Waals surface area (Å²) in [6.45, 7) is 1.72. The van der Waals surface area contributed by atoms with Gasteiger partial charge >= 0.3 is 0 Å². The lowest BCUT2D eigenvalue weighted by Gasteiger charge is -2.02. The van der Waals surface area contributed by atoms with Crippen molar-refractivity contribution in [1.82, 2.24) is 4.98 Å². The van der Waals surface area contributed by atoms with Crippen molar-refractivity contribution in [3.63, 3.8) is 0 Å². The molecule has 0 radical (unpaired) electrons. The molecule has 0 aliphatic rings. The van der Waals surface area contributed by atoms with Crippen LogP contribution in [0.1, 0.15) is 31.9 Å². The highest BCUT2D eigenvalue weighted by Crippen LogP contribution is 2.22. The van der Waals surface area contributed by atoms with Gasteiger partial charge in [-0.3, -0.25) is 10.1 Å². The molecule has 1 aromatic heterocycles. The van der Waals surface area contributed by atoms with Crippen molar-refractivity contribution in [3.05, 3.63) is 81.6 Å². The number of nitrogens with zero attached hydrogens (tertiary/aromatic N) is 2. The van der Waals surface area contributed by atoms with E-state index < -0.39 is 0 Å². The number of thiazole rings is 1. The second-order valence-electron chi connectivity index (χ2n) is 5.54. The second kappa shape index (κ2) is 7.24. The highest BCUT2D eigenvalue weighted by Gasteiger charge is 2.10. The summed E-state index contributed by atoms with van der Waals surface area (Å²) < 4.78 is 13.6. The van der Waals surface area contributed by atoms with E-state index in [0.29, 0.717) is 28.2 Å². The summed E-state index contributed by atoms with van der Waals surface area (Å²) in [6.07, 6.45) is 2.23. The van der Waals surface area contributed by atoms with E-state index in [-0.39, 0.29) is 11.7 Å². The van der Waals surface area contributed by atoms with Gasteiger partial charge in [0.15, 0.2) is 5.13 Å². The van der Waals surface area contributed by atoms with Crippen LogP contribution >= 0.6 is 11.3 Å². The third kappa shape index (κ3) is 4.08. The molecule has 6 heteroatoms. The molecular weight excluding hydrogens is 337 g/mol. The number of carbonyl (C=O) groups excluding carboxylic acids is 1. The van der Waals surface area contributed by atoms with Gasteiger partial charge in [-0.25, -0.2) is 9.37 Å². The Kier molecular flexibility index (Phi) is 4.87. The van der Waals surface area contributed by atoms with E-state index >= 15 is 0 Å². The zero-order valence-corrected chi connectivity index (χ0v) is 14.2. The first-order valence-corrected chi connectivity index (χ1v) is 8.38. The largest absolute Gasteiger partial charge is 0.298 e. The molecule has 0 bridgehead atoms. The molecule has 25 heavy (non-hydrogen) atoms. The van der Waals surface area contributed by atoms with Crippen LogP contribution in [0.15, 0.2) is 48.7 Å². The Labute approximate surface area is 148 Å². The topological polar surface area (TPSA) is 65.8 Å². The number of nitrogens with one attached hydrogen (secondary N) is 1. The van der Waals surface area contributed by atoms with Gasteiger partial charge in [0.2, 0.25) is 0 Å². The number of carbonyl (C=O) groups is 1.